The summed E-state index contributed by atoms with van der Waals surface area (Å²) >= 11 is 0. The number of nitrogens with zero attached hydrogens (tertiary/aromatic N) is 2. The Morgan fingerprint density at radius 1 is 1.47 bits per heavy atom. The molecule has 0 aliphatic rings. The summed E-state index contributed by atoms with van der Waals surface area (Å²) in [4.78, 5) is 22.9. The van der Waals surface area contributed by atoms with Crippen molar-refractivity contribution in [1.82, 2.24) is 4.90 Å². The van der Waals surface area contributed by atoms with Gasteiger partial charge in [-0.1, -0.05) is 0 Å². The van der Waals surface area contributed by atoms with E-state index in [1.54, 1.807) is 7.05 Å². The van der Waals surface area contributed by atoms with Gasteiger partial charge in [-0.25, -0.2) is 4.79 Å². The highest BCUT2D eigenvalue weighted by atomic mass is 16.6. The number of anilines is 1. The number of hydrogen-bond acceptors (Lipinski definition) is 4. The van der Waals surface area contributed by atoms with Gasteiger partial charge in [-0.3, -0.25) is 10.1 Å². The van der Waals surface area contributed by atoms with Gasteiger partial charge < -0.3 is 16.0 Å². The Hall–Kier alpha value is -2.15. The molecule has 92 valence electrons. The number of rotatable bonds is 4. The third-order valence-electron chi connectivity index (χ3n) is 2.14. The van der Waals surface area contributed by atoms with Gasteiger partial charge in [0.15, 0.2) is 0 Å². The van der Waals surface area contributed by atoms with Gasteiger partial charge in [0.1, 0.15) is 0 Å². The summed E-state index contributed by atoms with van der Waals surface area (Å²) < 4.78 is 0. The number of nitrogens with one attached hydrogen (secondary N) is 1. The molecule has 0 fully saturated rings. The molecule has 0 bridgehead atoms. The predicted octanol–water partition coefficient (Wildman–Crippen LogP) is 1.02. The molecule has 1 aromatic rings. The van der Waals surface area contributed by atoms with Crippen LogP contribution in [0.2, 0.25) is 0 Å². The van der Waals surface area contributed by atoms with E-state index in [9.17, 15) is 14.9 Å². The lowest BCUT2D eigenvalue weighted by atomic mass is 10.3. The number of nitrogens with two attached hydrogens (primary N) is 1. The SMILES string of the molecule is CN(CCN)C(=O)Nc1ccc([N+](=O)[O-])cc1. The lowest BCUT2D eigenvalue weighted by Gasteiger charge is -2.16. The van der Waals surface area contributed by atoms with Crippen LogP contribution in [0.1, 0.15) is 0 Å². The molecular formula is C10H14N4O3. The lowest BCUT2D eigenvalue weighted by molar-refractivity contribution is -0.384. The Kier molecular flexibility index (Phi) is 4.41. The summed E-state index contributed by atoms with van der Waals surface area (Å²) in [6, 6.07) is 5.32. The zero-order valence-corrected chi connectivity index (χ0v) is 9.42. The second-order valence-electron chi connectivity index (χ2n) is 3.44. The monoisotopic (exact) mass is 238 g/mol. The van der Waals surface area contributed by atoms with Crippen LogP contribution in [-0.4, -0.2) is 36.0 Å². The van der Waals surface area contributed by atoms with Gasteiger partial charge in [0.2, 0.25) is 0 Å². The molecule has 0 radical (unpaired) electrons. The Morgan fingerprint density at radius 2 is 2.06 bits per heavy atom. The van der Waals surface area contributed by atoms with E-state index in [0.29, 0.717) is 18.8 Å². The van der Waals surface area contributed by atoms with Crippen molar-refractivity contribution in [1.29, 1.82) is 0 Å². The molecule has 1 aromatic carbocycles. The minimum absolute atomic E-state index is 0.0155. The van der Waals surface area contributed by atoms with Gasteiger partial charge in [0, 0.05) is 38.0 Å². The van der Waals surface area contributed by atoms with Crippen LogP contribution in [0.4, 0.5) is 16.2 Å². The molecule has 0 spiro atoms. The first-order valence-electron chi connectivity index (χ1n) is 5.01. The number of carbonyl (C=O) groups is 1. The fourth-order valence-corrected chi connectivity index (χ4v) is 1.18. The first-order valence-corrected chi connectivity index (χ1v) is 5.01. The summed E-state index contributed by atoms with van der Waals surface area (Å²) in [6.45, 7) is 0.822. The molecule has 7 heteroatoms. The second-order valence-corrected chi connectivity index (χ2v) is 3.44. The zero-order valence-electron chi connectivity index (χ0n) is 9.42. The average molecular weight is 238 g/mol. The number of benzene rings is 1. The van der Waals surface area contributed by atoms with Crippen LogP contribution < -0.4 is 11.1 Å². The van der Waals surface area contributed by atoms with Crippen LogP contribution in [-0.2, 0) is 0 Å². The number of carbonyl (C=O) groups excluding carboxylic acids is 1. The minimum atomic E-state index is -0.494. The van der Waals surface area contributed by atoms with Crippen molar-refractivity contribution in [2.45, 2.75) is 0 Å². The highest BCUT2D eigenvalue weighted by Crippen LogP contribution is 2.15. The maximum absolute atomic E-state index is 11.5. The molecule has 3 N–H and O–H groups in total. The molecule has 0 saturated carbocycles. The number of nitro groups is 1. The summed E-state index contributed by atoms with van der Waals surface area (Å²) in [5.41, 5.74) is 5.81. The highest BCUT2D eigenvalue weighted by molar-refractivity contribution is 5.89. The summed E-state index contributed by atoms with van der Waals surface area (Å²) in [7, 11) is 1.62. The maximum atomic E-state index is 11.5. The Bertz CT molecular complexity index is 405. The second kappa shape index (κ2) is 5.80. The summed E-state index contributed by atoms with van der Waals surface area (Å²) in [5.74, 6) is 0. The Morgan fingerprint density at radius 3 is 2.53 bits per heavy atom. The predicted molar refractivity (Wildman–Crippen MR) is 63.8 cm³/mol. The zero-order chi connectivity index (χ0) is 12.8. The lowest BCUT2D eigenvalue weighted by Crippen LogP contribution is -2.35. The molecule has 7 nitrogen and oxygen atoms in total. The Balaban J connectivity index is 2.63. The first kappa shape index (κ1) is 12.9. The summed E-state index contributed by atoms with van der Waals surface area (Å²) in [6.07, 6.45) is 0. The number of non-ortho nitro benzene ring substituents is 1. The number of urea groups is 1. The number of likely N-dealkylation sites (N-methyl/N-ethyl adjacent to an activating group) is 1. The van der Waals surface area contributed by atoms with Gasteiger partial charge in [-0.15, -0.1) is 0 Å². The maximum Gasteiger partial charge on any atom is 0.321 e. The van der Waals surface area contributed by atoms with Crippen molar-refractivity contribution in [3.05, 3.63) is 34.4 Å². The number of amides is 2. The van der Waals surface area contributed by atoms with Crippen molar-refractivity contribution < 1.29 is 9.72 Å². The van der Waals surface area contributed by atoms with Crippen LogP contribution in [0.25, 0.3) is 0 Å². The smallest absolute Gasteiger partial charge is 0.321 e. The largest absolute Gasteiger partial charge is 0.329 e. The van der Waals surface area contributed by atoms with Crippen LogP contribution in [0.15, 0.2) is 24.3 Å². The third-order valence-corrected chi connectivity index (χ3v) is 2.14. The van der Waals surface area contributed by atoms with E-state index in [2.05, 4.69) is 5.32 Å². The van der Waals surface area contributed by atoms with E-state index in [1.807, 2.05) is 0 Å². The summed E-state index contributed by atoms with van der Waals surface area (Å²) in [5, 5.41) is 13.0. The molecule has 0 unspecified atom stereocenters. The topological polar surface area (TPSA) is 102 Å². The molecule has 0 aliphatic carbocycles. The molecule has 0 aliphatic heterocycles. The van der Waals surface area contributed by atoms with Gasteiger partial charge in [0.25, 0.3) is 5.69 Å². The van der Waals surface area contributed by atoms with Crippen LogP contribution in [0.3, 0.4) is 0 Å². The van der Waals surface area contributed by atoms with Crippen LogP contribution >= 0.6 is 0 Å². The van der Waals surface area contributed by atoms with E-state index in [0.717, 1.165) is 0 Å². The molecule has 0 aromatic heterocycles. The van der Waals surface area contributed by atoms with Gasteiger partial charge in [0.05, 0.1) is 4.92 Å². The Labute approximate surface area is 98.4 Å². The molecule has 0 heterocycles. The quantitative estimate of drug-likeness (QED) is 0.603. The van der Waals surface area contributed by atoms with Crippen molar-refractivity contribution in [3.8, 4) is 0 Å². The standard InChI is InChI=1S/C10H14N4O3/c1-13(7-6-11)10(15)12-8-2-4-9(5-3-8)14(16)17/h2-5H,6-7,11H2,1H3,(H,12,15). The van der Waals surface area contributed by atoms with Crippen molar-refractivity contribution in [2.24, 2.45) is 5.73 Å². The van der Waals surface area contributed by atoms with Gasteiger partial charge in [-0.05, 0) is 12.1 Å². The molecular weight excluding hydrogens is 224 g/mol. The van der Waals surface area contributed by atoms with Crippen LogP contribution in [0, 0.1) is 10.1 Å². The molecule has 0 atom stereocenters. The average Bonchev–Trinajstić information content (AvgIpc) is 2.30. The van der Waals surface area contributed by atoms with Crippen molar-refractivity contribution in [2.75, 3.05) is 25.5 Å². The van der Waals surface area contributed by atoms with E-state index < -0.39 is 4.92 Å². The molecule has 17 heavy (non-hydrogen) atoms. The van der Waals surface area contributed by atoms with Gasteiger partial charge in [-0.2, -0.15) is 0 Å². The van der Waals surface area contributed by atoms with Crippen molar-refractivity contribution >= 4 is 17.4 Å². The van der Waals surface area contributed by atoms with Crippen molar-refractivity contribution in [3.63, 3.8) is 0 Å². The third kappa shape index (κ3) is 3.72. The number of nitro benzene ring substituents is 1. The molecule has 0 saturated heterocycles. The normalized spacial score (nSPS) is 9.76. The fourth-order valence-electron chi connectivity index (χ4n) is 1.18. The highest BCUT2D eigenvalue weighted by Gasteiger charge is 2.09. The van der Waals surface area contributed by atoms with E-state index in [-0.39, 0.29) is 11.7 Å². The van der Waals surface area contributed by atoms with Crippen LogP contribution in [0.5, 0.6) is 0 Å². The fraction of sp³-hybridized carbons (Fsp3) is 0.300. The van der Waals surface area contributed by atoms with Gasteiger partial charge >= 0.3 is 6.03 Å². The first-order chi connectivity index (χ1) is 8.04. The minimum Gasteiger partial charge on any atom is -0.329 e. The number of hydrogen-bond donors (Lipinski definition) is 2. The van der Waals surface area contributed by atoms with E-state index in [1.165, 1.54) is 29.2 Å². The van der Waals surface area contributed by atoms with E-state index >= 15 is 0 Å². The molecule has 1 rings (SSSR count). The molecule has 2 amide bonds. The van der Waals surface area contributed by atoms with E-state index in [4.69, 9.17) is 5.73 Å².